The van der Waals surface area contributed by atoms with E-state index in [1.54, 1.807) is 23.4 Å². The fraction of sp³-hybridized carbons (Fsp3) is 0.400. The van der Waals surface area contributed by atoms with E-state index in [2.05, 4.69) is 20.6 Å². The van der Waals surface area contributed by atoms with Crippen molar-refractivity contribution in [3.05, 3.63) is 48.5 Å². The zero-order valence-corrected chi connectivity index (χ0v) is 16.5. The molecule has 1 aromatic carbocycles. The van der Waals surface area contributed by atoms with Crippen molar-refractivity contribution in [1.29, 1.82) is 0 Å². The van der Waals surface area contributed by atoms with Gasteiger partial charge in [0.15, 0.2) is 0 Å². The van der Waals surface area contributed by atoms with Crippen LogP contribution >= 0.6 is 0 Å². The molecule has 0 radical (unpaired) electrons. The van der Waals surface area contributed by atoms with Crippen molar-refractivity contribution in [3.63, 3.8) is 0 Å². The van der Waals surface area contributed by atoms with Gasteiger partial charge in [-0.05, 0) is 36.2 Å². The number of urea groups is 1. The maximum absolute atomic E-state index is 13.0. The molecule has 1 fully saturated rings. The molecule has 3 amide bonds. The van der Waals surface area contributed by atoms with Crippen LogP contribution < -0.4 is 15.5 Å². The molecule has 1 aliphatic rings. The molecule has 0 saturated carbocycles. The van der Waals surface area contributed by atoms with Gasteiger partial charge in [-0.25, -0.2) is 19.2 Å². The zero-order chi connectivity index (χ0) is 20.8. The maximum atomic E-state index is 13.0. The van der Waals surface area contributed by atoms with Gasteiger partial charge in [0.1, 0.15) is 11.9 Å². The van der Waals surface area contributed by atoms with E-state index >= 15 is 0 Å². The number of nitrogens with zero attached hydrogens (tertiary/aromatic N) is 4. The lowest BCUT2D eigenvalue weighted by Gasteiger charge is -2.35. The normalized spacial score (nSPS) is 15.2. The highest BCUT2D eigenvalue weighted by Crippen LogP contribution is 2.13. The number of carbonyl (C=O) groups is 2. The van der Waals surface area contributed by atoms with Crippen LogP contribution in [0.3, 0.4) is 0 Å². The quantitative estimate of drug-likeness (QED) is 0.802. The molecule has 2 N–H and O–H groups in total. The van der Waals surface area contributed by atoms with Crippen LogP contribution in [0.2, 0.25) is 0 Å². The Labute approximate surface area is 169 Å². The lowest BCUT2D eigenvalue weighted by molar-refractivity contribution is -0.118. The van der Waals surface area contributed by atoms with E-state index in [4.69, 9.17) is 0 Å². The summed E-state index contributed by atoms with van der Waals surface area (Å²) in [6, 6.07) is 6.28. The van der Waals surface area contributed by atoms with Gasteiger partial charge in [0.2, 0.25) is 11.9 Å². The Kier molecular flexibility index (Phi) is 6.58. The van der Waals surface area contributed by atoms with E-state index in [1.807, 2.05) is 18.7 Å². The highest BCUT2D eigenvalue weighted by Gasteiger charge is 2.28. The van der Waals surface area contributed by atoms with Gasteiger partial charge >= 0.3 is 6.03 Å². The molecule has 154 valence electrons. The Morgan fingerprint density at radius 3 is 2.24 bits per heavy atom. The minimum absolute atomic E-state index is 0.113. The van der Waals surface area contributed by atoms with Crippen molar-refractivity contribution in [3.8, 4) is 0 Å². The Hall–Kier alpha value is -3.23. The number of carbonyl (C=O) groups excluding carboxylic acids is 2. The Morgan fingerprint density at radius 2 is 1.66 bits per heavy atom. The van der Waals surface area contributed by atoms with Gasteiger partial charge < -0.3 is 20.4 Å². The molecule has 9 heteroatoms. The average molecular weight is 400 g/mol. The van der Waals surface area contributed by atoms with Crippen LogP contribution in [0.25, 0.3) is 0 Å². The van der Waals surface area contributed by atoms with Crippen LogP contribution in [0.4, 0.5) is 20.8 Å². The summed E-state index contributed by atoms with van der Waals surface area (Å²) in [5, 5.41) is 5.55. The number of rotatable bonds is 5. The molecular weight excluding hydrogens is 375 g/mol. The minimum atomic E-state index is -0.706. The average Bonchev–Trinajstić information content (AvgIpc) is 2.74. The van der Waals surface area contributed by atoms with Gasteiger partial charge in [0, 0.05) is 44.3 Å². The Balaban J connectivity index is 1.55. The third kappa shape index (κ3) is 5.40. The number of halogens is 1. The second-order valence-electron chi connectivity index (χ2n) is 7.19. The summed E-state index contributed by atoms with van der Waals surface area (Å²) in [6.07, 6.45) is 3.38. The topological polar surface area (TPSA) is 90.5 Å². The summed E-state index contributed by atoms with van der Waals surface area (Å²) >= 11 is 0. The van der Waals surface area contributed by atoms with E-state index in [0.29, 0.717) is 37.8 Å². The molecule has 3 rings (SSSR count). The van der Waals surface area contributed by atoms with Gasteiger partial charge in [-0.15, -0.1) is 0 Å². The monoisotopic (exact) mass is 400 g/mol. The maximum Gasteiger partial charge on any atom is 0.318 e. The minimum Gasteiger partial charge on any atom is -0.337 e. The Bertz CT molecular complexity index is 823. The number of benzene rings is 1. The summed E-state index contributed by atoms with van der Waals surface area (Å²) in [4.78, 5) is 37.5. The SMILES string of the molecule is CC(C)[C@@H](NC(=O)N1CCN(c2ncccn2)CC1)C(=O)Nc1ccc(F)cc1. The fourth-order valence-corrected chi connectivity index (χ4v) is 3.08. The van der Waals surface area contributed by atoms with Crippen LogP contribution in [-0.4, -0.2) is 59.0 Å². The van der Waals surface area contributed by atoms with Crippen molar-refractivity contribution in [2.75, 3.05) is 36.4 Å². The number of amides is 3. The first-order valence-corrected chi connectivity index (χ1v) is 9.58. The van der Waals surface area contributed by atoms with Gasteiger partial charge in [0.25, 0.3) is 0 Å². The van der Waals surface area contributed by atoms with Gasteiger partial charge in [-0.2, -0.15) is 0 Å². The summed E-state index contributed by atoms with van der Waals surface area (Å²) in [7, 11) is 0. The molecule has 1 aliphatic heterocycles. The van der Waals surface area contributed by atoms with Crippen LogP contribution in [0, 0.1) is 11.7 Å². The van der Waals surface area contributed by atoms with Gasteiger partial charge in [-0.1, -0.05) is 13.8 Å². The van der Waals surface area contributed by atoms with Gasteiger partial charge in [-0.3, -0.25) is 4.79 Å². The molecule has 0 bridgehead atoms. The molecule has 1 saturated heterocycles. The van der Waals surface area contributed by atoms with E-state index in [0.717, 1.165) is 0 Å². The standard InChI is InChI=1S/C20H25FN6O2/c1-14(2)17(18(28)24-16-6-4-15(21)5-7-16)25-20(29)27-12-10-26(11-13-27)19-22-8-3-9-23-19/h3-9,14,17H,10-13H2,1-2H3,(H,24,28)(H,25,29)/t17-/m1/s1. The zero-order valence-electron chi connectivity index (χ0n) is 16.5. The molecule has 29 heavy (non-hydrogen) atoms. The van der Waals surface area contributed by atoms with Crippen molar-refractivity contribution < 1.29 is 14.0 Å². The van der Waals surface area contributed by atoms with Crippen molar-refractivity contribution in [2.24, 2.45) is 5.92 Å². The van der Waals surface area contributed by atoms with Gasteiger partial charge in [0.05, 0.1) is 0 Å². The molecule has 0 aliphatic carbocycles. The predicted octanol–water partition coefficient (Wildman–Crippen LogP) is 2.11. The Morgan fingerprint density at radius 1 is 1.03 bits per heavy atom. The first kappa shape index (κ1) is 20.5. The molecule has 1 atom stereocenters. The van der Waals surface area contributed by atoms with Crippen molar-refractivity contribution >= 4 is 23.6 Å². The second-order valence-corrected chi connectivity index (χ2v) is 7.19. The number of anilines is 2. The molecule has 2 aromatic rings. The molecule has 0 unspecified atom stereocenters. The van der Waals surface area contributed by atoms with Crippen LogP contribution in [-0.2, 0) is 4.79 Å². The largest absolute Gasteiger partial charge is 0.337 e. The first-order valence-electron chi connectivity index (χ1n) is 9.58. The second kappa shape index (κ2) is 9.31. The highest BCUT2D eigenvalue weighted by molar-refractivity contribution is 5.97. The lowest BCUT2D eigenvalue weighted by atomic mass is 10.0. The van der Waals surface area contributed by atoms with Crippen LogP contribution in [0.15, 0.2) is 42.7 Å². The van der Waals surface area contributed by atoms with Crippen LogP contribution in [0.5, 0.6) is 0 Å². The van der Waals surface area contributed by atoms with E-state index in [9.17, 15) is 14.0 Å². The molecule has 1 aromatic heterocycles. The smallest absolute Gasteiger partial charge is 0.318 e. The van der Waals surface area contributed by atoms with E-state index in [1.165, 1.54) is 24.3 Å². The number of hydrogen-bond acceptors (Lipinski definition) is 5. The number of piperazine rings is 1. The lowest BCUT2D eigenvalue weighted by Crippen LogP contribution is -2.56. The summed E-state index contributed by atoms with van der Waals surface area (Å²) in [6.45, 7) is 5.97. The summed E-state index contributed by atoms with van der Waals surface area (Å²) < 4.78 is 13.0. The molecular formula is C20H25FN6O2. The van der Waals surface area contributed by atoms with Crippen molar-refractivity contribution in [2.45, 2.75) is 19.9 Å². The molecule has 2 heterocycles. The van der Waals surface area contributed by atoms with E-state index < -0.39 is 6.04 Å². The van der Waals surface area contributed by atoms with E-state index in [-0.39, 0.29) is 23.7 Å². The summed E-state index contributed by atoms with van der Waals surface area (Å²) in [5.41, 5.74) is 0.479. The number of nitrogens with one attached hydrogen (secondary N) is 2. The number of aromatic nitrogens is 2. The fourth-order valence-electron chi connectivity index (χ4n) is 3.08. The predicted molar refractivity (Wildman–Crippen MR) is 108 cm³/mol. The van der Waals surface area contributed by atoms with Crippen molar-refractivity contribution in [1.82, 2.24) is 20.2 Å². The molecule has 0 spiro atoms. The summed E-state index contributed by atoms with van der Waals surface area (Å²) in [5.74, 6) is -0.183. The third-order valence-corrected chi connectivity index (χ3v) is 4.74. The highest BCUT2D eigenvalue weighted by atomic mass is 19.1. The first-order chi connectivity index (χ1) is 13.9. The molecule has 8 nitrogen and oxygen atoms in total. The number of hydrogen-bond donors (Lipinski definition) is 2. The van der Waals surface area contributed by atoms with Crippen LogP contribution in [0.1, 0.15) is 13.8 Å². The third-order valence-electron chi connectivity index (χ3n) is 4.74.